The highest BCUT2D eigenvalue weighted by Gasteiger charge is 2.55. The summed E-state index contributed by atoms with van der Waals surface area (Å²) in [5, 5.41) is 147. The second-order valence-corrected chi connectivity index (χ2v) is 19.2. The smallest absolute Gasteiger partial charge is 0.394 e. The summed E-state index contributed by atoms with van der Waals surface area (Å²) >= 11 is 0. The zero-order valence-corrected chi connectivity index (χ0v) is 40.2. The van der Waals surface area contributed by atoms with Crippen molar-refractivity contribution in [3.8, 4) is 0 Å². The van der Waals surface area contributed by atoms with Crippen LogP contribution in [-0.2, 0) is 81.4 Å². The van der Waals surface area contributed by atoms with Crippen LogP contribution in [0, 0.1) is 0 Å². The molecule has 4 aliphatic rings. The fourth-order valence-electron chi connectivity index (χ4n) is 8.03. The Morgan fingerprint density at radius 2 is 0.945 bits per heavy atom. The van der Waals surface area contributed by atoms with Crippen LogP contribution < -0.4 is 16.0 Å². The van der Waals surface area contributed by atoms with E-state index < -0.39 is 225 Å². The quantitative estimate of drug-likeness (QED) is 0.0399. The molecule has 4 aliphatic heterocycles. The van der Waals surface area contributed by atoms with Crippen molar-refractivity contribution in [2.45, 2.75) is 168 Å². The van der Waals surface area contributed by atoms with E-state index in [-0.39, 0.29) is 0 Å². The minimum atomic E-state index is -5.13. The van der Waals surface area contributed by atoms with E-state index in [2.05, 4.69) is 24.3 Å². The molecular formula is C36H63N3O32S2. The molecule has 73 heavy (non-hydrogen) atoms. The maximum Gasteiger partial charge on any atom is 0.397 e. The van der Waals surface area contributed by atoms with Gasteiger partial charge in [-0.2, -0.15) is 16.8 Å². The predicted octanol–water partition coefficient (Wildman–Crippen LogP) is -12.2. The molecule has 24 unspecified atom stereocenters. The molecule has 3 amide bonds. The van der Waals surface area contributed by atoms with Gasteiger partial charge < -0.3 is 120 Å². The van der Waals surface area contributed by atoms with Crippen LogP contribution in [0.25, 0.3) is 0 Å². The van der Waals surface area contributed by atoms with Crippen LogP contribution in [0.3, 0.4) is 0 Å². The minimum absolute atomic E-state index is 0.859. The number of hydrogen-bond acceptors (Lipinski definition) is 30. The Morgan fingerprint density at radius 1 is 0.548 bits per heavy atom. The van der Waals surface area contributed by atoms with Gasteiger partial charge in [0.25, 0.3) is 0 Å². The van der Waals surface area contributed by atoms with Crippen LogP contribution in [0.5, 0.6) is 0 Å². The third-order valence-electron chi connectivity index (χ3n) is 11.6. The molecule has 35 nitrogen and oxygen atoms in total. The molecule has 24 atom stereocenters. The molecule has 0 saturated carbocycles. The van der Waals surface area contributed by atoms with Crippen molar-refractivity contribution in [2.75, 3.05) is 39.6 Å². The van der Waals surface area contributed by atoms with Crippen molar-refractivity contribution >= 4 is 38.5 Å². The Balaban J connectivity index is 1.56. The van der Waals surface area contributed by atoms with Gasteiger partial charge in [-0.1, -0.05) is 0 Å². The van der Waals surface area contributed by atoms with Crippen LogP contribution >= 0.6 is 0 Å². The van der Waals surface area contributed by atoms with Gasteiger partial charge in [0.1, 0.15) is 116 Å². The number of aliphatic hydroxyl groups excluding tert-OH is 13. The van der Waals surface area contributed by atoms with Crippen molar-refractivity contribution in [1.82, 2.24) is 16.0 Å². The molecule has 4 heterocycles. The summed E-state index contributed by atoms with van der Waals surface area (Å²) in [5.41, 5.74) is 0. The first-order valence-corrected chi connectivity index (χ1v) is 24.5. The average Bonchev–Trinajstić information content (AvgIpc) is 3.30. The average molecular weight is 1110 g/mol. The summed E-state index contributed by atoms with van der Waals surface area (Å²) in [6.45, 7) is -3.69. The molecule has 18 N–H and O–H groups in total. The molecule has 0 spiro atoms. The highest BCUT2D eigenvalue weighted by Crippen LogP contribution is 2.33. The van der Waals surface area contributed by atoms with Crippen molar-refractivity contribution in [1.29, 1.82) is 0 Å². The van der Waals surface area contributed by atoms with Crippen molar-refractivity contribution in [2.24, 2.45) is 0 Å². The van der Waals surface area contributed by atoms with Gasteiger partial charge in [-0.05, 0) is 0 Å². The van der Waals surface area contributed by atoms with Crippen LogP contribution in [0.15, 0.2) is 0 Å². The lowest BCUT2D eigenvalue weighted by molar-refractivity contribution is -0.354. The van der Waals surface area contributed by atoms with Gasteiger partial charge in [0.15, 0.2) is 25.2 Å². The van der Waals surface area contributed by atoms with E-state index >= 15 is 0 Å². The van der Waals surface area contributed by atoms with Gasteiger partial charge in [-0.15, -0.1) is 0 Å². The number of hydrogen-bond donors (Lipinski definition) is 18. The molecule has 0 radical (unpaired) electrons. The maximum atomic E-state index is 12.5. The number of carbonyl (C=O) groups excluding carboxylic acids is 3. The second kappa shape index (κ2) is 27.1. The zero-order valence-electron chi connectivity index (χ0n) is 38.6. The first-order chi connectivity index (χ1) is 33.9. The first-order valence-electron chi connectivity index (χ1n) is 21.8. The molecule has 0 aromatic rings. The zero-order chi connectivity index (χ0) is 55.0. The monoisotopic (exact) mass is 1110 g/mol. The Labute approximate surface area is 414 Å². The number of nitrogens with one attached hydrogen (secondary N) is 3. The van der Waals surface area contributed by atoms with Crippen molar-refractivity contribution < 1.29 is 153 Å². The van der Waals surface area contributed by atoms with E-state index in [1.807, 2.05) is 0 Å². The molecule has 0 aliphatic carbocycles. The Hall–Kier alpha value is -2.69. The van der Waals surface area contributed by atoms with Crippen LogP contribution in [0.1, 0.15) is 20.8 Å². The molecule has 4 saturated heterocycles. The largest absolute Gasteiger partial charge is 0.397 e. The Morgan fingerprint density at radius 3 is 1.32 bits per heavy atom. The first kappa shape index (κ1) is 62.8. The van der Waals surface area contributed by atoms with E-state index in [0.29, 0.717) is 0 Å². The van der Waals surface area contributed by atoms with Crippen LogP contribution in [0.4, 0.5) is 0 Å². The summed E-state index contributed by atoms with van der Waals surface area (Å²) in [5.74, 6) is -2.63. The van der Waals surface area contributed by atoms with Gasteiger partial charge in [0.2, 0.25) is 17.7 Å². The van der Waals surface area contributed by atoms with E-state index in [1.165, 1.54) is 0 Å². The molecule has 426 valence electrons. The van der Waals surface area contributed by atoms with Gasteiger partial charge in [-0.3, -0.25) is 23.5 Å². The van der Waals surface area contributed by atoms with E-state index in [0.717, 1.165) is 20.8 Å². The van der Waals surface area contributed by atoms with E-state index in [1.54, 1.807) is 0 Å². The summed E-state index contributed by atoms with van der Waals surface area (Å²) in [4.78, 5) is 37.1. The molecule has 0 bridgehead atoms. The number of amides is 3. The predicted molar refractivity (Wildman–Crippen MR) is 224 cm³/mol. The minimum Gasteiger partial charge on any atom is -0.394 e. The normalized spacial score (nSPS) is 39.2. The van der Waals surface area contributed by atoms with Crippen LogP contribution in [-0.4, -0.2) is 297 Å². The van der Waals surface area contributed by atoms with Crippen molar-refractivity contribution in [3.05, 3.63) is 0 Å². The van der Waals surface area contributed by atoms with Gasteiger partial charge in [-0.25, -0.2) is 8.37 Å². The highest BCUT2D eigenvalue weighted by molar-refractivity contribution is 7.81. The van der Waals surface area contributed by atoms with Crippen LogP contribution in [0.2, 0.25) is 0 Å². The fourth-order valence-corrected chi connectivity index (χ4v) is 8.64. The Bertz CT molecular complexity index is 2010. The molecule has 4 rings (SSSR count). The van der Waals surface area contributed by atoms with E-state index in [9.17, 15) is 97.6 Å². The molecule has 37 heteroatoms. The lowest BCUT2D eigenvalue weighted by Gasteiger charge is -2.48. The summed E-state index contributed by atoms with van der Waals surface area (Å²) in [6.07, 6.45) is -42.5. The topological polar surface area (TPSA) is 551 Å². The standard InChI is InChI=1S/C36H63N3O32S2/c1-10(43)37-13(4-40)30(69-34-20(39-12(3)45)25(51)32(16(6-42)66-34)71-36-29(55)27(53)23(49)18(68-36)9-64-73(59,60)61)21(47)14(46)7-62-33-19(38-11(2)44)24(50)31(15(5-41)65-33)70-35-28(54)26(52)22(48)17(67-35)8-63-72(56,57)58/h13-36,40-42,46-55H,4-9H2,1-3H3,(H,37,43)(H,38,44)(H,39,45)(H,56,57,58)(H,59,60,61). The molecule has 0 aromatic carbocycles. The third-order valence-corrected chi connectivity index (χ3v) is 12.4. The molecule has 0 aromatic heterocycles. The summed E-state index contributed by atoms with van der Waals surface area (Å²) in [6, 6.07) is -5.31. The van der Waals surface area contributed by atoms with E-state index in [4.69, 9.17) is 47.0 Å². The number of rotatable bonds is 24. The third kappa shape index (κ3) is 16.9. The van der Waals surface area contributed by atoms with Crippen molar-refractivity contribution in [3.63, 3.8) is 0 Å². The number of ether oxygens (including phenoxy) is 8. The van der Waals surface area contributed by atoms with Gasteiger partial charge >= 0.3 is 20.8 Å². The number of aliphatic hydroxyl groups is 13. The Kier molecular flexibility index (Phi) is 23.3. The van der Waals surface area contributed by atoms with Gasteiger partial charge in [0, 0.05) is 20.8 Å². The number of carbonyl (C=O) groups is 3. The second-order valence-electron chi connectivity index (χ2n) is 17.0. The lowest BCUT2D eigenvalue weighted by atomic mass is 9.94. The molecular weight excluding hydrogens is 1050 g/mol. The summed E-state index contributed by atoms with van der Waals surface area (Å²) in [7, 11) is -10.2. The highest BCUT2D eigenvalue weighted by atomic mass is 32.3. The SMILES string of the molecule is CC(=O)NC(CO)C(OC1OC(CO)C(OC2OC(COS(=O)(=O)O)C(O)C(O)C2O)C(O)C1NC(C)=O)C(O)C(O)COC1OC(CO)C(OC2OC(COS(=O)(=O)O)C(O)C(O)C2O)C(O)C1NC(C)=O. The fraction of sp³-hybridized carbons (Fsp3) is 0.917. The molecule has 4 fully saturated rings. The maximum absolute atomic E-state index is 12.5. The summed E-state index contributed by atoms with van der Waals surface area (Å²) < 4.78 is 116. The van der Waals surface area contributed by atoms with Gasteiger partial charge in [0.05, 0.1) is 45.7 Å². The lowest BCUT2D eigenvalue weighted by Crippen LogP contribution is -2.69.